The minimum Gasteiger partial charge on any atom is -0.497 e. The summed E-state index contributed by atoms with van der Waals surface area (Å²) in [4.78, 5) is 5.89. The van der Waals surface area contributed by atoms with E-state index in [-0.39, 0.29) is 0 Å². The highest BCUT2D eigenvalue weighted by atomic mass is 16.5. The number of nitrogens with zero attached hydrogens (tertiary/aromatic N) is 1. The van der Waals surface area contributed by atoms with Gasteiger partial charge in [-0.1, -0.05) is 24.3 Å². The van der Waals surface area contributed by atoms with Crippen molar-refractivity contribution < 1.29 is 4.74 Å². The molecule has 0 saturated carbocycles. The molecule has 4 nitrogen and oxygen atoms in total. The lowest BCUT2D eigenvalue weighted by Gasteiger charge is -2.28. The summed E-state index contributed by atoms with van der Waals surface area (Å²) >= 11 is 0. The molecule has 4 heteroatoms. The maximum absolute atomic E-state index is 5.44. The average Bonchev–Trinajstić information content (AvgIpc) is 3.37. The van der Waals surface area contributed by atoms with Gasteiger partial charge in [0.2, 0.25) is 0 Å². The Morgan fingerprint density at radius 1 is 1.12 bits per heavy atom. The SMILES string of the molecule is COc1cccc(C(CNCc2cccc3[nH]ccc23)N2CCCC2)c1. The Labute approximate surface area is 155 Å². The lowest BCUT2D eigenvalue weighted by Crippen LogP contribution is -2.34. The topological polar surface area (TPSA) is 40.3 Å². The van der Waals surface area contributed by atoms with Crippen LogP contribution in [0.25, 0.3) is 10.9 Å². The number of H-pyrrole nitrogens is 1. The van der Waals surface area contributed by atoms with E-state index in [1.54, 1.807) is 7.11 Å². The highest BCUT2D eigenvalue weighted by molar-refractivity contribution is 5.82. The molecule has 4 rings (SSSR count). The number of aromatic nitrogens is 1. The van der Waals surface area contributed by atoms with Crippen LogP contribution in [0.5, 0.6) is 5.75 Å². The third-order valence-corrected chi connectivity index (χ3v) is 5.40. The fourth-order valence-corrected chi connectivity index (χ4v) is 4.01. The number of likely N-dealkylation sites (tertiary alicyclic amines) is 1. The summed E-state index contributed by atoms with van der Waals surface area (Å²) in [7, 11) is 1.74. The van der Waals surface area contributed by atoms with Crippen LogP contribution < -0.4 is 10.1 Å². The number of fused-ring (bicyclic) bond motifs is 1. The Bertz CT molecular complexity index is 851. The van der Waals surface area contributed by atoms with Gasteiger partial charge in [-0.3, -0.25) is 4.90 Å². The van der Waals surface area contributed by atoms with Crippen LogP contribution in [0.15, 0.2) is 54.7 Å². The molecule has 26 heavy (non-hydrogen) atoms. The summed E-state index contributed by atoms with van der Waals surface area (Å²) in [6.45, 7) is 4.17. The second-order valence-electron chi connectivity index (χ2n) is 7.02. The van der Waals surface area contributed by atoms with Crippen molar-refractivity contribution in [3.8, 4) is 5.75 Å². The number of hydrogen-bond acceptors (Lipinski definition) is 3. The first-order valence-electron chi connectivity index (χ1n) is 9.49. The van der Waals surface area contributed by atoms with Crippen LogP contribution >= 0.6 is 0 Å². The van der Waals surface area contributed by atoms with E-state index in [4.69, 9.17) is 4.74 Å². The highest BCUT2D eigenvalue weighted by Crippen LogP contribution is 2.27. The molecule has 2 heterocycles. The van der Waals surface area contributed by atoms with E-state index in [0.717, 1.165) is 18.8 Å². The number of nitrogens with one attached hydrogen (secondary N) is 2. The van der Waals surface area contributed by atoms with E-state index in [1.807, 2.05) is 12.3 Å². The number of aromatic amines is 1. The van der Waals surface area contributed by atoms with E-state index in [9.17, 15) is 0 Å². The largest absolute Gasteiger partial charge is 0.497 e. The molecule has 136 valence electrons. The van der Waals surface area contributed by atoms with E-state index < -0.39 is 0 Å². The van der Waals surface area contributed by atoms with Crippen molar-refractivity contribution in [3.63, 3.8) is 0 Å². The van der Waals surface area contributed by atoms with Crippen molar-refractivity contribution in [2.45, 2.75) is 25.4 Å². The molecule has 1 aromatic heterocycles. The van der Waals surface area contributed by atoms with Gasteiger partial charge in [0.05, 0.1) is 7.11 Å². The van der Waals surface area contributed by atoms with Gasteiger partial charge < -0.3 is 15.0 Å². The first kappa shape index (κ1) is 17.1. The normalized spacial score (nSPS) is 16.2. The number of ether oxygens (including phenoxy) is 1. The van der Waals surface area contributed by atoms with Crippen LogP contribution in [0.4, 0.5) is 0 Å². The molecule has 0 bridgehead atoms. The smallest absolute Gasteiger partial charge is 0.119 e. The summed E-state index contributed by atoms with van der Waals surface area (Å²) in [6, 6.07) is 17.5. The number of hydrogen-bond donors (Lipinski definition) is 2. The van der Waals surface area contributed by atoms with E-state index in [2.05, 4.69) is 57.7 Å². The summed E-state index contributed by atoms with van der Waals surface area (Å²) in [6.07, 6.45) is 4.60. The van der Waals surface area contributed by atoms with E-state index >= 15 is 0 Å². The van der Waals surface area contributed by atoms with Crippen LogP contribution in [0, 0.1) is 0 Å². The summed E-state index contributed by atoms with van der Waals surface area (Å²) in [5.74, 6) is 0.934. The van der Waals surface area contributed by atoms with Crippen molar-refractivity contribution in [2.24, 2.45) is 0 Å². The molecule has 0 aliphatic carbocycles. The van der Waals surface area contributed by atoms with Crippen molar-refractivity contribution in [1.82, 2.24) is 15.2 Å². The first-order chi connectivity index (χ1) is 12.8. The summed E-state index contributed by atoms with van der Waals surface area (Å²) in [5, 5.41) is 5.00. The van der Waals surface area contributed by atoms with Gasteiger partial charge >= 0.3 is 0 Å². The second-order valence-corrected chi connectivity index (χ2v) is 7.02. The minimum atomic E-state index is 0.387. The van der Waals surface area contributed by atoms with Gasteiger partial charge in [-0.2, -0.15) is 0 Å². The predicted octanol–water partition coefficient (Wildman–Crippen LogP) is 4.10. The molecule has 1 unspecified atom stereocenters. The fourth-order valence-electron chi connectivity index (χ4n) is 4.01. The van der Waals surface area contributed by atoms with Crippen LogP contribution in [-0.2, 0) is 6.54 Å². The zero-order chi connectivity index (χ0) is 17.8. The number of methoxy groups -OCH3 is 1. The Morgan fingerprint density at radius 2 is 1.96 bits per heavy atom. The molecule has 1 saturated heterocycles. The Morgan fingerprint density at radius 3 is 2.81 bits per heavy atom. The monoisotopic (exact) mass is 349 g/mol. The van der Waals surface area contributed by atoms with E-state index in [0.29, 0.717) is 6.04 Å². The van der Waals surface area contributed by atoms with Gasteiger partial charge in [0.1, 0.15) is 5.75 Å². The highest BCUT2D eigenvalue weighted by Gasteiger charge is 2.23. The van der Waals surface area contributed by atoms with Gasteiger partial charge in [0.15, 0.2) is 0 Å². The maximum atomic E-state index is 5.44. The molecule has 0 radical (unpaired) electrons. The van der Waals surface area contributed by atoms with Gasteiger partial charge in [-0.25, -0.2) is 0 Å². The lowest BCUT2D eigenvalue weighted by atomic mass is 10.0. The van der Waals surface area contributed by atoms with Gasteiger partial charge in [0.25, 0.3) is 0 Å². The molecule has 1 fully saturated rings. The van der Waals surface area contributed by atoms with Crippen LogP contribution in [0.3, 0.4) is 0 Å². The van der Waals surface area contributed by atoms with Crippen LogP contribution in [-0.4, -0.2) is 36.6 Å². The second kappa shape index (κ2) is 7.94. The fraction of sp³-hybridized carbons (Fsp3) is 0.364. The zero-order valence-corrected chi connectivity index (χ0v) is 15.4. The third-order valence-electron chi connectivity index (χ3n) is 5.40. The standard InChI is InChI=1S/C22H27N3O/c1-26-19-8-4-6-17(14-19)22(25-12-2-3-13-25)16-23-15-18-7-5-9-21-20(18)10-11-24-21/h4-11,14,22-24H,2-3,12-13,15-16H2,1H3. The van der Waals surface area contributed by atoms with Crippen molar-refractivity contribution in [1.29, 1.82) is 0 Å². The van der Waals surface area contributed by atoms with Gasteiger partial charge in [0, 0.05) is 36.2 Å². The third kappa shape index (κ3) is 3.62. The van der Waals surface area contributed by atoms with Gasteiger partial charge in [-0.05, 0) is 61.3 Å². The van der Waals surface area contributed by atoms with Gasteiger partial charge in [-0.15, -0.1) is 0 Å². The molecule has 2 aromatic carbocycles. The Kier molecular flexibility index (Phi) is 5.23. The lowest BCUT2D eigenvalue weighted by molar-refractivity contribution is 0.238. The molecule has 0 amide bonds. The Hall–Kier alpha value is -2.30. The number of benzene rings is 2. The molecular formula is C22H27N3O. The van der Waals surface area contributed by atoms with E-state index in [1.165, 1.54) is 48.0 Å². The van der Waals surface area contributed by atoms with Crippen molar-refractivity contribution in [2.75, 3.05) is 26.7 Å². The van der Waals surface area contributed by atoms with Crippen LogP contribution in [0.1, 0.15) is 30.0 Å². The maximum Gasteiger partial charge on any atom is 0.119 e. The Balaban J connectivity index is 1.49. The number of rotatable bonds is 7. The molecule has 1 aliphatic rings. The minimum absolute atomic E-state index is 0.387. The molecule has 0 spiro atoms. The first-order valence-corrected chi connectivity index (χ1v) is 9.49. The average molecular weight is 349 g/mol. The zero-order valence-electron chi connectivity index (χ0n) is 15.4. The quantitative estimate of drug-likeness (QED) is 0.674. The van der Waals surface area contributed by atoms with Crippen molar-refractivity contribution in [3.05, 3.63) is 65.9 Å². The predicted molar refractivity (Wildman–Crippen MR) is 107 cm³/mol. The molecule has 1 aliphatic heterocycles. The van der Waals surface area contributed by atoms with Crippen LogP contribution in [0.2, 0.25) is 0 Å². The summed E-state index contributed by atoms with van der Waals surface area (Å²) in [5.41, 5.74) is 3.88. The summed E-state index contributed by atoms with van der Waals surface area (Å²) < 4.78 is 5.44. The molecule has 1 atom stereocenters. The van der Waals surface area contributed by atoms with Crippen molar-refractivity contribution >= 4 is 10.9 Å². The molecule has 3 aromatic rings. The molecular weight excluding hydrogens is 322 g/mol. The molecule has 2 N–H and O–H groups in total.